The number of nitrogens with zero attached hydrogens (tertiary/aromatic N) is 8. The minimum Gasteiger partial charge on any atom is -0.496 e. The molecule has 4 heterocycles. The summed E-state index contributed by atoms with van der Waals surface area (Å²) in [6.45, 7) is 15.6. The Balaban J connectivity index is 0.000000197. The van der Waals surface area contributed by atoms with E-state index in [-0.39, 0.29) is 17.7 Å². The second-order valence-corrected chi connectivity index (χ2v) is 18.7. The van der Waals surface area contributed by atoms with E-state index < -0.39 is 17.2 Å². The first-order chi connectivity index (χ1) is 31.4. The Hall–Kier alpha value is -6.75. The van der Waals surface area contributed by atoms with Crippen LogP contribution in [0.5, 0.6) is 11.5 Å². The lowest BCUT2D eigenvalue weighted by Crippen LogP contribution is -2.50. The van der Waals surface area contributed by atoms with Crippen LogP contribution in [0.15, 0.2) is 89.4 Å². The number of carbonyl (C=O) groups excluding carboxylic acids is 2. The maximum Gasteiger partial charge on any atom is 0.410 e. The molecule has 0 radical (unpaired) electrons. The maximum atomic E-state index is 12.5. The number of para-hydroxylation sites is 2. The zero-order valence-corrected chi connectivity index (χ0v) is 40.1. The van der Waals surface area contributed by atoms with Crippen molar-refractivity contribution in [1.82, 2.24) is 29.7 Å². The molecule has 2 aliphatic heterocycles. The van der Waals surface area contributed by atoms with Crippen LogP contribution < -0.4 is 19.3 Å². The summed E-state index contributed by atoms with van der Waals surface area (Å²) in [7, 11) is 3.24. The molecule has 2 aromatic heterocycles. The lowest BCUT2D eigenvalue weighted by molar-refractivity contribution is 0.0230. The predicted octanol–water partition coefficient (Wildman–Crippen LogP) is 9.19. The topological polar surface area (TPSA) is 173 Å². The number of hydrogen-bond acceptors (Lipinski definition) is 13. The van der Waals surface area contributed by atoms with Gasteiger partial charge in [0.25, 0.3) is 0 Å². The Labute approximate surface area is 392 Å². The Morgan fingerprint density at radius 3 is 1.38 bits per heavy atom. The van der Waals surface area contributed by atoms with Gasteiger partial charge in [-0.3, -0.25) is 0 Å². The molecule has 0 bridgehead atoms. The lowest BCUT2D eigenvalue weighted by atomic mass is 10.1. The van der Waals surface area contributed by atoms with Crippen molar-refractivity contribution in [1.29, 1.82) is 0 Å². The number of methoxy groups -OCH3 is 2. The van der Waals surface area contributed by atoms with E-state index >= 15 is 0 Å². The van der Waals surface area contributed by atoms with E-state index in [0.717, 1.165) is 38.1 Å². The zero-order valence-electron chi connectivity index (χ0n) is 38.5. The van der Waals surface area contributed by atoms with Crippen LogP contribution in [0.4, 0.5) is 21.2 Å². The van der Waals surface area contributed by atoms with Crippen molar-refractivity contribution >= 4 is 67.5 Å². The smallest absolute Gasteiger partial charge is 0.410 e. The summed E-state index contributed by atoms with van der Waals surface area (Å²) in [6.07, 6.45) is -0.621. The molecule has 66 heavy (non-hydrogen) atoms. The van der Waals surface area contributed by atoms with Crippen molar-refractivity contribution in [2.45, 2.75) is 52.7 Å². The summed E-state index contributed by atoms with van der Waals surface area (Å²) < 4.78 is 23.0. The summed E-state index contributed by atoms with van der Waals surface area (Å²) in [6, 6.07) is 26.1. The van der Waals surface area contributed by atoms with Gasteiger partial charge in [0.2, 0.25) is 0 Å². The number of piperazine rings is 2. The van der Waals surface area contributed by atoms with Crippen LogP contribution >= 0.6 is 15.9 Å². The lowest BCUT2D eigenvalue weighted by Gasteiger charge is -2.36. The number of anilines is 2. The summed E-state index contributed by atoms with van der Waals surface area (Å²) in [4.78, 5) is 63.5. The highest BCUT2D eigenvalue weighted by Crippen LogP contribution is 2.35. The van der Waals surface area contributed by atoms with E-state index in [1.807, 2.05) is 108 Å². The third-order valence-corrected chi connectivity index (χ3v) is 11.2. The maximum absolute atomic E-state index is 12.5. The van der Waals surface area contributed by atoms with E-state index in [1.54, 1.807) is 36.2 Å². The predicted molar refractivity (Wildman–Crippen MR) is 258 cm³/mol. The highest BCUT2D eigenvalue weighted by Gasteiger charge is 2.30. The van der Waals surface area contributed by atoms with E-state index in [9.17, 15) is 19.5 Å². The number of carbonyl (C=O) groups is 3. The van der Waals surface area contributed by atoms with E-state index in [4.69, 9.17) is 38.9 Å². The van der Waals surface area contributed by atoms with Crippen molar-refractivity contribution < 1.29 is 38.4 Å². The number of hydrogen-bond donors (Lipinski definition) is 1. The average molecular weight is 964 g/mol. The molecular weight excluding hydrogens is 908 g/mol. The van der Waals surface area contributed by atoms with Crippen LogP contribution in [0, 0.1) is 0 Å². The number of amides is 2. The minimum atomic E-state index is -1.02. The van der Waals surface area contributed by atoms with Crippen LogP contribution in [0.3, 0.4) is 0 Å². The standard InChI is InChI=1S/C25H28N4O5.C24H27BrN4O3/c1-25(2,3)34-24(32)29-13-11-28(12-14-29)22-18-15-16(23(30)31)9-10-19(18)26-21(27-22)17-7-5-6-8-20(17)33-4;1-24(2,3)32-23(30)29-13-11-28(12-14-29)22-18-15-16(25)9-10-19(18)26-21(27-22)17-7-5-6-8-20(17)31-4/h5-10,15H,11-14H2,1-4H3,(H,30,31);5-10,15H,11-14H2,1-4H3. The molecule has 2 aliphatic rings. The summed E-state index contributed by atoms with van der Waals surface area (Å²) in [5.74, 6) is 2.92. The second-order valence-electron chi connectivity index (χ2n) is 17.7. The molecular formula is C49H55BrN8O8. The highest BCUT2D eigenvalue weighted by molar-refractivity contribution is 9.10. The van der Waals surface area contributed by atoms with Gasteiger partial charge in [0.05, 0.1) is 41.9 Å². The van der Waals surface area contributed by atoms with Crippen molar-refractivity contribution in [2.24, 2.45) is 0 Å². The van der Waals surface area contributed by atoms with Gasteiger partial charge in [-0.1, -0.05) is 40.2 Å². The van der Waals surface area contributed by atoms with Crippen LogP contribution in [0.25, 0.3) is 44.6 Å². The van der Waals surface area contributed by atoms with Crippen molar-refractivity contribution in [3.05, 3.63) is 95.0 Å². The van der Waals surface area contributed by atoms with Crippen molar-refractivity contribution in [2.75, 3.05) is 76.4 Å². The quantitative estimate of drug-likeness (QED) is 0.160. The van der Waals surface area contributed by atoms with E-state index in [0.29, 0.717) is 86.5 Å². The molecule has 17 heteroatoms. The molecule has 2 amide bonds. The Bertz CT molecular complexity index is 2740. The fourth-order valence-electron chi connectivity index (χ4n) is 7.57. The second kappa shape index (κ2) is 19.8. The largest absolute Gasteiger partial charge is 0.496 e. The SMILES string of the molecule is COc1ccccc1-c1nc(N2CCN(C(=O)OC(C)(C)C)CC2)c2cc(Br)ccc2n1.COc1ccccc1-c1nc(N2CCN(C(=O)OC(C)(C)C)CC2)c2cc(C(=O)O)ccc2n1. The van der Waals surface area contributed by atoms with Gasteiger partial charge in [-0.2, -0.15) is 0 Å². The fraction of sp³-hybridized carbons (Fsp3) is 0.367. The average Bonchev–Trinajstić information content (AvgIpc) is 3.29. The number of benzene rings is 4. The van der Waals surface area contributed by atoms with E-state index in [2.05, 4.69) is 25.7 Å². The fourth-order valence-corrected chi connectivity index (χ4v) is 7.93. The number of fused-ring (bicyclic) bond motifs is 2. The number of aromatic carboxylic acids is 1. The van der Waals surface area contributed by atoms with Crippen LogP contribution in [0.1, 0.15) is 51.9 Å². The van der Waals surface area contributed by atoms with Gasteiger partial charge in [0.15, 0.2) is 11.6 Å². The molecule has 346 valence electrons. The van der Waals surface area contributed by atoms with Gasteiger partial charge in [-0.05, 0) is 102 Å². The highest BCUT2D eigenvalue weighted by atomic mass is 79.9. The third kappa shape index (κ3) is 11.2. The summed E-state index contributed by atoms with van der Waals surface area (Å²) >= 11 is 3.57. The first-order valence-electron chi connectivity index (χ1n) is 21.7. The number of carboxylic acids is 1. The molecule has 4 aromatic carbocycles. The molecule has 8 rings (SSSR count). The molecule has 0 unspecified atom stereocenters. The normalized spacial score (nSPS) is 14.4. The molecule has 1 N–H and O–H groups in total. The molecule has 16 nitrogen and oxygen atoms in total. The molecule has 0 aliphatic carbocycles. The number of aromatic nitrogens is 4. The van der Waals surface area contributed by atoms with Crippen LogP contribution in [-0.4, -0.2) is 131 Å². The molecule has 0 spiro atoms. The van der Waals surface area contributed by atoms with Gasteiger partial charge < -0.3 is 43.7 Å². The molecule has 2 saturated heterocycles. The first-order valence-corrected chi connectivity index (χ1v) is 22.5. The number of carboxylic acid groups (broad SMARTS) is 1. The molecule has 6 aromatic rings. The first kappa shape index (κ1) is 47.2. The number of ether oxygens (including phenoxy) is 4. The number of halogens is 1. The van der Waals surface area contributed by atoms with Gasteiger partial charge in [-0.25, -0.2) is 34.3 Å². The van der Waals surface area contributed by atoms with E-state index in [1.165, 1.54) is 6.07 Å². The van der Waals surface area contributed by atoms with Crippen LogP contribution in [-0.2, 0) is 9.47 Å². The van der Waals surface area contributed by atoms with Gasteiger partial charge in [0, 0.05) is 67.6 Å². The molecule has 0 saturated carbocycles. The molecule has 0 atom stereocenters. The van der Waals surface area contributed by atoms with Gasteiger partial charge >= 0.3 is 18.2 Å². The summed E-state index contributed by atoms with van der Waals surface area (Å²) in [5, 5.41) is 11.1. The van der Waals surface area contributed by atoms with Crippen LogP contribution in [0.2, 0.25) is 0 Å². The Morgan fingerprint density at radius 2 is 0.970 bits per heavy atom. The number of rotatable bonds is 7. The minimum absolute atomic E-state index is 0.162. The van der Waals surface area contributed by atoms with Crippen molar-refractivity contribution in [3.8, 4) is 34.3 Å². The monoisotopic (exact) mass is 962 g/mol. The van der Waals surface area contributed by atoms with Gasteiger partial charge in [-0.15, -0.1) is 0 Å². The van der Waals surface area contributed by atoms with Gasteiger partial charge in [0.1, 0.15) is 34.3 Å². The summed E-state index contributed by atoms with van der Waals surface area (Å²) in [5.41, 5.74) is 2.16. The third-order valence-electron chi connectivity index (χ3n) is 10.7. The Kier molecular flexibility index (Phi) is 14.2. The zero-order chi connectivity index (χ0) is 47.3. The molecule has 2 fully saturated rings. The Morgan fingerprint density at radius 1 is 0.561 bits per heavy atom. The van der Waals surface area contributed by atoms with Crippen molar-refractivity contribution in [3.63, 3.8) is 0 Å².